The first-order valence-corrected chi connectivity index (χ1v) is 9.21. The second-order valence-corrected chi connectivity index (χ2v) is 7.22. The van der Waals surface area contributed by atoms with Crippen LogP contribution in [-0.2, 0) is 6.42 Å². The molecule has 1 amide bonds. The molecular weight excluding hydrogens is 367 g/mol. The predicted octanol–water partition coefficient (Wildman–Crippen LogP) is 4.17. The van der Waals surface area contributed by atoms with Crippen molar-refractivity contribution in [3.8, 4) is 11.5 Å². The van der Waals surface area contributed by atoms with Crippen molar-refractivity contribution in [1.82, 2.24) is 4.90 Å². The normalized spacial score (nSPS) is 20.4. The van der Waals surface area contributed by atoms with E-state index >= 15 is 0 Å². The van der Waals surface area contributed by atoms with Crippen LogP contribution in [0.25, 0.3) is 0 Å². The van der Waals surface area contributed by atoms with Gasteiger partial charge in [-0.15, -0.1) is 12.4 Å². The lowest BCUT2D eigenvalue weighted by molar-refractivity contribution is 0.0698. The lowest BCUT2D eigenvalue weighted by Crippen LogP contribution is -2.38. The number of nitrogens with zero attached hydrogens (tertiary/aromatic N) is 1. The number of likely N-dealkylation sites (tertiary alicyclic amines) is 1. The van der Waals surface area contributed by atoms with Gasteiger partial charge in [-0.25, -0.2) is 4.39 Å². The monoisotopic (exact) mass is 390 g/mol. The number of hydrogen-bond acceptors (Lipinski definition) is 3. The zero-order chi connectivity index (χ0) is 18.1. The van der Waals surface area contributed by atoms with Gasteiger partial charge in [0.25, 0.3) is 5.91 Å². The Labute approximate surface area is 164 Å². The van der Waals surface area contributed by atoms with E-state index in [0.29, 0.717) is 24.0 Å². The zero-order valence-electron chi connectivity index (χ0n) is 15.1. The Balaban J connectivity index is 0.00000210. The second kappa shape index (κ2) is 8.28. The third-order valence-corrected chi connectivity index (χ3v) is 5.43. The Morgan fingerprint density at radius 3 is 2.52 bits per heavy atom. The van der Waals surface area contributed by atoms with Crippen LogP contribution in [-0.4, -0.2) is 29.9 Å². The van der Waals surface area contributed by atoms with Crippen molar-refractivity contribution in [3.05, 3.63) is 59.4 Å². The van der Waals surface area contributed by atoms with Gasteiger partial charge < -0.3 is 15.4 Å². The molecule has 1 saturated heterocycles. The Kier molecular flexibility index (Phi) is 6.02. The summed E-state index contributed by atoms with van der Waals surface area (Å²) < 4.78 is 20.1. The molecule has 4 rings (SSSR count). The van der Waals surface area contributed by atoms with E-state index in [1.54, 1.807) is 6.07 Å². The van der Waals surface area contributed by atoms with Crippen LogP contribution in [0.1, 0.15) is 35.2 Å². The maximum absolute atomic E-state index is 14.3. The lowest BCUT2D eigenvalue weighted by atomic mass is 10.1. The van der Waals surface area contributed by atoms with Gasteiger partial charge in [0.1, 0.15) is 17.3 Å². The van der Waals surface area contributed by atoms with Gasteiger partial charge in [-0.3, -0.25) is 4.79 Å². The number of carbonyl (C=O) groups is 1. The molecule has 2 fully saturated rings. The number of piperidine rings is 1. The van der Waals surface area contributed by atoms with Crippen molar-refractivity contribution in [2.45, 2.75) is 31.7 Å². The third-order valence-electron chi connectivity index (χ3n) is 5.43. The smallest absolute Gasteiger partial charge is 0.257 e. The van der Waals surface area contributed by atoms with Crippen molar-refractivity contribution < 1.29 is 13.9 Å². The Hall–Kier alpha value is -2.11. The van der Waals surface area contributed by atoms with E-state index in [9.17, 15) is 9.18 Å². The van der Waals surface area contributed by atoms with Gasteiger partial charge in [-0.2, -0.15) is 0 Å². The van der Waals surface area contributed by atoms with Crippen molar-refractivity contribution in [3.63, 3.8) is 0 Å². The molecule has 0 spiro atoms. The maximum Gasteiger partial charge on any atom is 0.257 e. The van der Waals surface area contributed by atoms with Gasteiger partial charge in [0.05, 0.1) is 5.56 Å². The summed E-state index contributed by atoms with van der Waals surface area (Å²) in [4.78, 5) is 14.6. The summed E-state index contributed by atoms with van der Waals surface area (Å²) in [5.41, 5.74) is 6.78. The molecular formula is C21H24ClFN2O2. The quantitative estimate of drug-likeness (QED) is 0.833. The Bertz CT molecular complexity index is 812. The summed E-state index contributed by atoms with van der Waals surface area (Å²) in [6.07, 6.45) is 4.08. The molecule has 27 heavy (non-hydrogen) atoms. The molecule has 1 saturated carbocycles. The summed E-state index contributed by atoms with van der Waals surface area (Å²) in [7, 11) is 0. The molecule has 2 bridgehead atoms. The molecule has 2 aromatic rings. The number of carbonyl (C=O) groups excluding carboxylic acids is 1. The van der Waals surface area contributed by atoms with E-state index in [1.165, 1.54) is 18.6 Å². The predicted molar refractivity (Wildman–Crippen MR) is 105 cm³/mol. The minimum Gasteiger partial charge on any atom is -0.457 e. The summed E-state index contributed by atoms with van der Waals surface area (Å²) >= 11 is 0. The Morgan fingerprint density at radius 1 is 1.15 bits per heavy atom. The average molecular weight is 391 g/mol. The largest absolute Gasteiger partial charge is 0.457 e. The van der Waals surface area contributed by atoms with Gasteiger partial charge >= 0.3 is 0 Å². The molecule has 2 aromatic carbocycles. The van der Waals surface area contributed by atoms with Gasteiger partial charge in [0.2, 0.25) is 0 Å². The first-order chi connectivity index (χ1) is 12.6. The summed E-state index contributed by atoms with van der Waals surface area (Å²) in [6, 6.07) is 12.3. The van der Waals surface area contributed by atoms with Crippen molar-refractivity contribution in [2.75, 3.05) is 13.1 Å². The number of halogens is 2. The van der Waals surface area contributed by atoms with Gasteiger partial charge in [0.15, 0.2) is 0 Å². The third kappa shape index (κ3) is 4.09. The first kappa shape index (κ1) is 19.6. The Morgan fingerprint density at radius 2 is 1.89 bits per heavy atom. The summed E-state index contributed by atoms with van der Waals surface area (Å²) in [5, 5.41) is 0. The van der Waals surface area contributed by atoms with Crippen LogP contribution in [0.4, 0.5) is 4.39 Å². The molecule has 144 valence electrons. The van der Waals surface area contributed by atoms with Crippen molar-refractivity contribution in [1.29, 1.82) is 0 Å². The van der Waals surface area contributed by atoms with Crippen LogP contribution in [0, 0.1) is 11.7 Å². The van der Waals surface area contributed by atoms with E-state index in [2.05, 4.69) is 0 Å². The second-order valence-electron chi connectivity index (χ2n) is 7.22. The minimum absolute atomic E-state index is 0. The van der Waals surface area contributed by atoms with E-state index in [4.69, 9.17) is 10.5 Å². The minimum atomic E-state index is -0.497. The van der Waals surface area contributed by atoms with Crippen molar-refractivity contribution in [2.24, 2.45) is 11.7 Å². The molecule has 2 aliphatic rings. The van der Waals surface area contributed by atoms with Crippen LogP contribution in [0.5, 0.6) is 11.5 Å². The fraction of sp³-hybridized carbons (Fsp3) is 0.381. The van der Waals surface area contributed by atoms with E-state index < -0.39 is 5.82 Å². The van der Waals surface area contributed by atoms with Gasteiger partial charge in [0, 0.05) is 12.6 Å². The standard InChI is InChI=1S/C21H23FN2O2.ClH/c22-20-8-7-18(26-17-5-2-14(3-6-17)9-10-23)12-19(20)21(25)24-13-15-1-4-16(24)11-15;/h2-3,5-8,12,15-16H,1,4,9-11,13,23H2;1H/t15-,16-;/m0./s1. The zero-order valence-corrected chi connectivity index (χ0v) is 15.9. The van der Waals surface area contributed by atoms with E-state index in [-0.39, 0.29) is 29.9 Å². The highest BCUT2D eigenvalue weighted by molar-refractivity contribution is 5.95. The fourth-order valence-corrected chi connectivity index (χ4v) is 4.09. The molecule has 0 aromatic heterocycles. The summed E-state index contributed by atoms with van der Waals surface area (Å²) in [5.74, 6) is 0.974. The highest BCUT2D eigenvalue weighted by atomic mass is 35.5. The molecule has 6 heteroatoms. The molecule has 2 atom stereocenters. The van der Waals surface area contributed by atoms with Gasteiger partial charge in [-0.05, 0) is 74.0 Å². The number of hydrogen-bond donors (Lipinski definition) is 1. The number of fused-ring (bicyclic) bond motifs is 2. The topological polar surface area (TPSA) is 55.6 Å². The fourth-order valence-electron chi connectivity index (χ4n) is 4.09. The lowest BCUT2D eigenvalue weighted by Gasteiger charge is -2.27. The SMILES string of the molecule is Cl.NCCc1ccc(Oc2ccc(F)c(C(=O)N3C[C@H]4CC[C@H]3C4)c2)cc1. The number of amides is 1. The van der Waals surface area contributed by atoms with Crippen LogP contribution >= 0.6 is 12.4 Å². The molecule has 0 radical (unpaired) electrons. The van der Waals surface area contributed by atoms with Crippen LogP contribution in [0.2, 0.25) is 0 Å². The molecule has 0 unspecified atom stereocenters. The maximum atomic E-state index is 14.3. The van der Waals surface area contributed by atoms with Crippen molar-refractivity contribution >= 4 is 18.3 Å². The highest BCUT2D eigenvalue weighted by Gasteiger charge is 2.41. The van der Waals surface area contributed by atoms with E-state index in [0.717, 1.165) is 31.4 Å². The van der Waals surface area contributed by atoms with Crippen LogP contribution < -0.4 is 10.5 Å². The highest BCUT2D eigenvalue weighted by Crippen LogP contribution is 2.38. The molecule has 1 aliphatic heterocycles. The summed E-state index contributed by atoms with van der Waals surface area (Å²) in [6.45, 7) is 1.35. The molecule has 4 nitrogen and oxygen atoms in total. The number of rotatable bonds is 5. The van der Waals surface area contributed by atoms with E-state index in [1.807, 2.05) is 29.2 Å². The molecule has 1 heterocycles. The number of nitrogens with two attached hydrogens (primary N) is 1. The number of ether oxygens (including phenoxy) is 1. The molecule has 1 aliphatic carbocycles. The van der Waals surface area contributed by atoms with Gasteiger partial charge in [-0.1, -0.05) is 12.1 Å². The van der Waals surface area contributed by atoms with Crippen LogP contribution in [0.15, 0.2) is 42.5 Å². The average Bonchev–Trinajstić information content (AvgIpc) is 3.28. The first-order valence-electron chi connectivity index (χ1n) is 9.21. The molecule has 2 N–H and O–H groups in total. The van der Waals surface area contributed by atoms with Crippen LogP contribution in [0.3, 0.4) is 0 Å². The number of benzene rings is 2.